The SMILES string of the molecule is c1ccc(-c2nc(-c3ccc(-c4ccc5c(c4)sc4ccccc45)cc3)cc(-c3ccc(-c4ccc5c6ccccc6c6ccccc6c5c4)cc3)n2)cc1. The van der Waals surface area contributed by atoms with Gasteiger partial charge in [0.05, 0.1) is 11.4 Å². The zero-order valence-electron chi connectivity index (χ0n) is 29.8. The summed E-state index contributed by atoms with van der Waals surface area (Å²) >= 11 is 1.85. The van der Waals surface area contributed by atoms with Gasteiger partial charge in [-0.3, -0.25) is 0 Å². The van der Waals surface area contributed by atoms with E-state index in [4.69, 9.17) is 9.97 Å². The van der Waals surface area contributed by atoms with E-state index in [-0.39, 0.29) is 0 Å². The van der Waals surface area contributed by atoms with E-state index in [1.54, 1.807) is 0 Å². The Morgan fingerprint density at radius 3 is 1.27 bits per heavy atom. The molecular weight excluding hydrogens is 685 g/mol. The van der Waals surface area contributed by atoms with Crippen molar-refractivity contribution in [1.82, 2.24) is 9.97 Å². The number of nitrogens with zero attached hydrogens (tertiary/aromatic N) is 2. The smallest absolute Gasteiger partial charge is 0.160 e. The van der Waals surface area contributed by atoms with Gasteiger partial charge >= 0.3 is 0 Å². The molecule has 0 aliphatic rings. The molecule has 0 amide bonds. The fourth-order valence-electron chi connectivity index (χ4n) is 8.12. The Balaban J connectivity index is 0.958. The number of thiophene rings is 1. The quantitative estimate of drug-likeness (QED) is 0.166. The summed E-state index contributed by atoms with van der Waals surface area (Å²) in [4.78, 5) is 10.2. The summed E-state index contributed by atoms with van der Waals surface area (Å²) in [5.74, 6) is 0.713. The maximum atomic E-state index is 5.11. The summed E-state index contributed by atoms with van der Waals surface area (Å²) < 4.78 is 2.63. The lowest BCUT2D eigenvalue weighted by molar-refractivity contribution is 1.18. The number of rotatable bonds is 5. The molecule has 0 saturated carbocycles. The first-order chi connectivity index (χ1) is 27.2. The van der Waals surface area contributed by atoms with Crippen molar-refractivity contribution in [3.8, 4) is 56.2 Å². The monoisotopic (exact) mass is 716 g/mol. The fourth-order valence-corrected chi connectivity index (χ4v) is 9.26. The Morgan fingerprint density at radius 2 is 0.673 bits per heavy atom. The molecule has 0 aliphatic carbocycles. The molecule has 0 fully saturated rings. The second-order valence-corrected chi connectivity index (χ2v) is 15.2. The Labute approximate surface area is 322 Å². The second-order valence-electron chi connectivity index (χ2n) is 14.1. The normalized spacial score (nSPS) is 11.6. The van der Waals surface area contributed by atoms with Gasteiger partial charge in [0.1, 0.15) is 0 Å². The summed E-state index contributed by atoms with van der Waals surface area (Å²) in [6, 6.07) is 69.8. The Bertz CT molecular complexity index is 3200. The predicted molar refractivity (Wildman–Crippen MR) is 235 cm³/mol. The first kappa shape index (κ1) is 31.6. The third kappa shape index (κ3) is 5.48. The van der Waals surface area contributed by atoms with E-state index < -0.39 is 0 Å². The van der Waals surface area contributed by atoms with Crippen molar-refractivity contribution in [2.24, 2.45) is 0 Å². The maximum absolute atomic E-state index is 5.11. The molecule has 9 aromatic carbocycles. The highest BCUT2D eigenvalue weighted by Gasteiger charge is 2.14. The summed E-state index contributed by atoms with van der Waals surface area (Å²) in [5.41, 5.74) is 9.66. The van der Waals surface area contributed by atoms with Crippen LogP contribution in [0, 0.1) is 0 Å². The average molecular weight is 717 g/mol. The Morgan fingerprint density at radius 1 is 0.255 bits per heavy atom. The molecule has 0 aliphatic heterocycles. The molecule has 0 saturated heterocycles. The topological polar surface area (TPSA) is 25.8 Å². The van der Waals surface area contributed by atoms with Crippen LogP contribution in [-0.2, 0) is 0 Å². The average Bonchev–Trinajstić information content (AvgIpc) is 3.65. The maximum Gasteiger partial charge on any atom is 0.160 e. The first-order valence-electron chi connectivity index (χ1n) is 18.6. The second kappa shape index (κ2) is 12.9. The molecule has 0 spiro atoms. The van der Waals surface area contributed by atoms with E-state index in [0.29, 0.717) is 5.82 Å². The molecule has 0 bridgehead atoms. The van der Waals surface area contributed by atoms with Crippen LogP contribution in [0.2, 0.25) is 0 Å². The van der Waals surface area contributed by atoms with Crippen LogP contribution in [-0.4, -0.2) is 9.97 Å². The summed E-state index contributed by atoms with van der Waals surface area (Å²) in [7, 11) is 0. The molecule has 55 heavy (non-hydrogen) atoms. The van der Waals surface area contributed by atoms with E-state index in [0.717, 1.165) is 28.1 Å². The van der Waals surface area contributed by atoms with Crippen molar-refractivity contribution in [2.75, 3.05) is 0 Å². The third-order valence-electron chi connectivity index (χ3n) is 10.9. The number of hydrogen-bond donors (Lipinski definition) is 0. The first-order valence-corrected chi connectivity index (χ1v) is 19.5. The zero-order valence-corrected chi connectivity index (χ0v) is 30.6. The van der Waals surface area contributed by atoms with Crippen molar-refractivity contribution < 1.29 is 0 Å². The van der Waals surface area contributed by atoms with Crippen LogP contribution < -0.4 is 0 Å². The van der Waals surface area contributed by atoms with Crippen molar-refractivity contribution in [1.29, 1.82) is 0 Å². The van der Waals surface area contributed by atoms with Crippen molar-refractivity contribution in [3.63, 3.8) is 0 Å². The van der Waals surface area contributed by atoms with Crippen LogP contribution in [0.4, 0.5) is 0 Å². The van der Waals surface area contributed by atoms with Crippen LogP contribution in [0.15, 0.2) is 194 Å². The zero-order chi connectivity index (χ0) is 36.3. The lowest BCUT2D eigenvalue weighted by atomic mass is 9.92. The highest BCUT2D eigenvalue weighted by atomic mass is 32.1. The van der Waals surface area contributed by atoms with E-state index >= 15 is 0 Å². The molecule has 2 heterocycles. The Hall–Kier alpha value is -6.94. The van der Waals surface area contributed by atoms with Gasteiger partial charge in [0.2, 0.25) is 0 Å². The van der Waals surface area contributed by atoms with Gasteiger partial charge in [0.25, 0.3) is 0 Å². The molecule has 0 radical (unpaired) electrons. The molecule has 0 N–H and O–H groups in total. The third-order valence-corrected chi connectivity index (χ3v) is 12.0. The number of benzene rings is 9. The van der Waals surface area contributed by atoms with Gasteiger partial charge < -0.3 is 0 Å². The largest absolute Gasteiger partial charge is 0.228 e. The van der Waals surface area contributed by atoms with Crippen molar-refractivity contribution in [2.45, 2.75) is 0 Å². The highest BCUT2D eigenvalue weighted by molar-refractivity contribution is 7.25. The lowest BCUT2D eigenvalue weighted by Crippen LogP contribution is -1.96. The summed E-state index contributed by atoms with van der Waals surface area (Å²) in [5, 5.41) is 10.3. The van der Waals surface area contributed by atoms with E-state index in [9.17, 15) is 0 Å². The van der Waals surface area contributed by atoms with Gasteiger partial charge in [-0.25, -0.2) is 9.97 Å². The van der Waals surface area contributed by atoms with Gasteiger partial charge in [0.15, 0.2) is 5.82 Å². The standard InChI is InChI=1S/C52H32N2S/c1-2-10-37(11-3-1)52-53-48(32-49(54-52)36-24-20-34(21-25-36)39-27-29-46-45-16-8-9-17-50(45)55-51(46)31-39)35-22-18-33(19-23-35)38-26-28-44-42-14-5-4-12-40(42)41-13-6-7-15-43(41)47(44)30-38/h1-32H. The van der Waals surface area contributed by atoms with Gasteiger partial charge in [0, 0.05) is 36.9 Å². The fraction of sp³-hybridized carbons (Fsp3) is 0. The van der Waals surface area contributed by atoms with Crippen LogP contribution in [0.25, 0.3) is 109 Å². The van der Waals surface area contributed by atoms with Crippen LogP contribution >= 0.6 is 11.3 Å². The number of aromatic nitrogens is 2. The van der Waals surface area contributed by atoms with Crippen molar-refractivity contribution >= 4 is 63.8 Å². The molecule has 11 rings (SSSR count). The molecule has 0 unspecified atom stereocenters. The number of hydrogen-bond acceptors (Lipinski definition) is 3. The van der Waals surface area contributed by atoms with Gasteiger partial charge in [-0.1, -0.05) is 170 Å². The molecule has 0 atom stereocenters. The minimum atomic E-state index is 0.713. The molecule has 2 aromatic heterocycles. The van der Waals surface area contributed by atoms with E-state index in [2.05, 4.69) is 176 Å². The molecule has 11 aromatic rings. The summed E-state index contributed by atoms with van der Waals surface area (Å²) in [6.07, 6.45) is 0. The lowest BCUT2D eigenvalue weighted by Gasteiger charge is -2.13. The van der Waals surface area contributed by atoms with Crippen LogP contribution in [0.3, 0.4) is 0 Å². The van der Waals surface area contributed by atoms with Gasteiger partial charge in [-0.2, -0.15) is 0 Å². The minimum absolute atomic E-state index is 0.713. The predicted octanol–water partition coefficient (Wildman–Crippen LogP) is 14.6. The highest BCUT2D eigenvalue weighted by Crippen LogP contribution is 2.39. The van der Waals surface area contributed by atoms with E-state index in [1.165, 1.54) is 74.7 Å². The number of fused-ring (bicyclic) bond motifs is 9. The summed E-state index contributed by atoms with van der Waals surface area (Å²) in [6.45, 7) is 0. The van der Waals surface area contributed by atoms with E-state index in [1.807, 2.05) is 29.5 Å². The molecule has 3 heteroatoms. The Kier molecular flexibility index (Phi) is 7.39. The molecule has 256 valence electrons. The van der Waals surface area contributed by atoms with Crippen molar-refractivity contribution in [3.05, 3.63) is 194 Å². The molecular formula is C52H32N2S. The molecule has 2 nitrogen and oxygen atoms in total. The van der Waals surface area contributed by atoms with Gasteiger partial charge in [-0.05, 0) is 78.8 Å². The van der Waals surface area contributed by atoms with Gasteiger partial charge in [-0.15, -0.1) is 11.3 Å². The van der Waals surface area contributed by atoms with Crippen LogP contribution in [0.5, 0.6) is 0 Å². The minimum Gasteiger partial charge on any atom is -0.228 e. The van der Waals surface area contributed by atoms with Crippen LogP contribution in [0.1, 0.15) is 0 Å².